The predicted octanol–water partition coefficient (Wildman–Crippen LogP) is 4.31. The first-order valence-corrected chi connectivity index (χ1v) is 12.5. The zero-order chi connectivity index (χ0) is 23.6. The monoisotopic (exact) mass is 465 g/mol. The lowest BCUT2D eigenvalue weighted by molar-refractivity contribution is -0.115. The predicted molar refractivity (Wildman–Crippen MR) is 126 cm³/mol. The van der Waals surface area contributed by atoms with E-state index in [4.69, 9.17) is 0 Å². The molecule has 0 bridgehead atoms. The quantitative estimate of drug-likeness (QED) is 0.588. The second kappa shape index (κ2) is 9.15. The highest BCUT2D eigenvalue weighted by molar-refractivity contribution is 7.90. The van der Waals surface area contributed by atoms with Crippen LogP contribution in [0.25, 0.3) is 17.3 Å². The summed E-state index contributed by atoms with van der Waals surface area (Å²) in [5, 5.41) is 7.35. The van der Waals surface area contributed by atoms with Gasteiger partial charge in [0.15, 0.2) is 9.84 Å². The van der Waals surface area contributed by atoms with Crippen LogP contribution in [0.5, 0.6) is 0 Å². The molecule has 0 aliphatic heterocycles. The summed E-state index contributed by atoms with van der Waals surface area (Å²) in [6, 6.07) is 12.6. The van der Waals surface area contributed by atoms with Gasteiger partial charge in [0.1, 0.15) is 5.82 Å². The first kappa shape index (κ1) is 22.7. The summed E-state index contributed by atoms with van der Waals surface area (Å²) in [4.78, 5) is 13.4. The Bertz CT molecular complexity index is 1370. The molecule has 170 valence electrons. The number of halogens is 1. The SMILES string of the molecule is CCC1=Cc2c(cnn2-c2ccc(F)cc2)C(C(=O)NCc2cccc(S(C)(=O)=O)c2)=CC1. The molecular formula is C25H24FN3O3S. The minimum absolute atomic E-state index is 0.190. The molecule has 1 aliphatic rings. The number of fused-ring (bicyclic) bond motifs is 1. The van der Waals surface area contributed by atoms with Gasteiger partial charge in [-0.2, -0.15) is 5.10 Å². The van der Waals surface area contributed by atoms with E-state index in [1.54, 1.807) is 41.2 Å². The molecule has 4 rings (SSSR count). The van der Waals surface area contributed by atoms with E-state index in [-0.39, 0.29) is 23.2 Å². The number of amides is 1. The molecule has 3 aromatic rings. The number of nitrogens with zero attached hydrogens (tertiary/aromatic N) is 2. The van der Waals surface area contributed by atoms with E-state index in [1.807, 2.05) is 12.2 Å². The molecule has 33 heavy (non-hydrogen) atoms. The first-order valence-electron chi connectivity index (χ1n) is 10.6. The van der Waals surface area contributed by atoms with E-state index in [0.29, 0.717) is 28.8 Å². The average Bonchev–Trinajstić information content (AvgIpc) is 3.10. The van der Waals surface area contributed by atoms with Crippen LogP contribution in [0.1, 0.15) is 36.6 Å². The highest BCUT2D eigenvalue weighted by Gasteiger charge is 2.22. The Balaban J connectivity index is 1.63. The highest BCUT2D eigenvalue weighted by atomic mass is 32.2. The zero-order valence-electron chi connectivity index (χ0n) is 18.4. The number of allylic oxidation sites excluding steroid dienone is 2. The normalized spacial score (nSPS) is 13.5. The third kappa shape index (κ3) is 4.96. The number of hydrogen-bond donors (Lipinski definition) is 1. The van der Waals surface area contributed by atoms with E-state index in [9.17, 15) is 17.6 Å². The lowest BCUT2D eigenvalue weighted by Crippen LogP contribution is -2.24. The van der Waals surface area contributed by atoms with Crippen LogP contribution in [0.15, 0.2) is 71.3 Å². The molecule has 0 spiro atoms. The summed E-state index contributed by atoms with van der Waals surface area (Å²) in [7, 11) is -3.33. The van der Waals surface area contributed by atoms with Crippen molar-refractivity contribution in [3.63, 3.8) is 0 Å². The van der Waals surface area contributed by atoms with Gasteiger partial charge in [0.25, 0.3) is 5.91 Å². The molecule has 0 atom stereocenters. The van der Waals surface area contributed by atoms with Gasteiger partial charge in [0.05, 0.1) is 22.5 Å². The third-order valence-corrected chi connectivity index (χ3v) is 6.67. The number of carbonyl (C=O) groups excluding carboxylic acids is 1. The van der Waals surface area contributed by atoms with Crippen LogP contribution in [0.2, 0.25) is 0 Å². The van der Waals surface area contributed by atoms with Gasteiger partial charge in [-0.1, -0.05) is 30.7 Å². The van der Waals surface area contributed by atoms with Crippen molar-refractivity contribution < 1.29 is 17.6 Å². The van der Waals surface area contributed by atoms with E-state index in [1.165, 1.54) is 18.2 Å². The lowest BCUT2D eigenvalue weighted by Gasteiger charge is -2.10. The number of aromatic nitrogens is 2. The largest absolute Gasteiger partial charge is 0.348 e. The maximum Gasteiger partial charge on any atom is 0.251 e. The number of sulfone groups is 1. The van der Waals surface area contributed by atoms with Crippen molar-refractivity contribution in [2.45, 2.75) is 31.2 Å². The minimum atomic E-state index is -3.33. The summed E-state index contributed by atoms with van der Waals surface area (Å²) in [5.41, 5.74) is 4.47. The van der Waals surface area contributed by atoms with Crippen molar-refractivity contribution in [3.05, 3.63) is 89.0 Å². The van der Waals surface area contributed by atoms with Crippen molar-refractivity contribution in [2.75, 3.05) is 6.26 Å². The standard InChI is InChI=1S/C25H24FN3O3S/c1-3-17-7-12-22(25(30)27-15-18-5-4-6-21(13-18)33(2,31)32)23-16-28-29(24(23)14-17)20-10-8-19(26)9-11-20/h4-6,8-14,16H,3,7,15H2,1-2H3,(H,27,30). The molecule has 0 saturated carbocycles. The number of nitrogens with one attached hydrogen (secondary N) is 1. The Morgan fingerprint density at radius 1 is 1.18 bits per heavy atom. The third-order valence-electron chi connectivity index (χ3n) is 5.56. The average molecular weight is 466 g/mol. The van der Waals surface area contributed by atoms with Gasteiger partial charge in [0, 0.05) is 23.9 Å². The number of hydrogen-bond acceptors (Lipinski definition) is 4. The second-order valence-corrected chi connectivity index (χ2v) is 9.93. The van der Waals surface area contributed by atoms with Gasteiger partial charge in [-0.05, 0) is 60.9 Å². The lowest BCUT2D eigenvalue weighted by atomic mass is 10.1. The Hall–Kier alpha value is -3.52. The van der Waals surface area contributed by atoms with Crippen LogP contribution >= 0.6 is 0 Å². The number of benzene rings is 2. The molecule has 6 nitrogen and oxygen atoms in total. The van der Waals surface area contributed by atoms with Crippen molar-refractivity contribution in [3.8, 4) is 5.69 Å². The fourth-order valence-corrected chi connectivity index (χ4v) is 4.40. The molecule has 1 aromatic heterocycles. The van der Waals surface area contributed by atoms with Crippen molar-refractivity contribution in [1.82, 2.24) is 15.1 Å². The zero-order valence-corrected chi connectivity index (χ0v) is 19.2. The molecule has 8 heteroatoms. The van der Waals surface area contributed by atoms with Crippen LogP contribution in [0, 0.1) is 5.82 Å². The molecule has 0 unspecified atom stereocenters. The van der Waals surface area contributed by atoms with E-state index >= 15 is 0 Å². The molecule has 1 aliphatic carbocycles. The van der Waals surface area contributed by atoms with Crippen molar-refractivity contribution in [2.24, 2.45) is 0 Å². The molecule has 1 N–H and O–H groups in total. The van der Waals surface area contributed by atoms with Crippen LogP contribution in [-0.2, 0) is 21.2 Å². The first-order chi connectivity index (χ1) is 15.8. The molecule has 1 amide bonds. The summed E-state index contributed by atoms with van der Waals surface area (Å²) in [6.07, 6.45) is 8.15. The van der Waals surface area contributed by atoms with Gasteiger partial charge >= 0.3 is 0 Å². The van der Waals surface area contributed by atoms with Crippen LogP contribution in [0.4, 0.5) is 4.39 Å². The number of carbonyl (C=O) groups is 1. The number of rotatable bonds is 6. The minimum Gasteiger partial charge on any atom is -0.348 e. The second-order valence-electron chi connectivity index (χ2n) is 7.91. The topological polar surface area (TPSA) is 81.1 Å². The maximum atomic E-state index is 13.4. The summed E-state index contributed by atoms with van der Waals surface area (Å²) in [6.45, 7) is 2.24. The molecular weight excluding hydrogens is 441 g/mol. The molecule has 2 aromatic carbocycles. The molecule has 0 fully saturated rings. The van der Waals surface area contributed by atoms with E-state index in [0.717, 1.165) is 23.9 Å². The van der Waals surface area contributed by atoms with E-state index < -0.39 is 9.84 Å². The van der Waals surface area contributed by atoms with Crippen LogP contribution in [-0.4, -0.2) is 30.4 Å². The van der Waals surface area contributed by atoms with Gasteiger partial charge in [0.2, 0.25) is 0 Å². The maximum absolute atomic E-state index is 13.4. The molecule has 0 saturated heterocycles. The summed E-state index contributed by atoms with van der Waals surface area (Å²) < 4.78 is 38.7. The van der Waals surface area contributed by atoms with Crippen molar-refractivity contribution in [1.29, 1.82) is 0 Å². The van der Waals surface area contributed by atoms with Crippen LogP contribution < -0.4 is 5.32 Å². The highest BCUT2D eigenvalue weighted by Crippen LogP contribution is 2.30. The van der Waals surface area contributed by atoms with Crippen molar-refractivity contribution >= 4 is 27.4 Å². The smallest absolute Gasteiger partial charge is 0.251 e. The Morgan fingerprint density at radius 2 is 1.94 bits per heavy atom. The fourth-order valence-electron chi connectivity index (χ4n) is 3.71. The molecule has 0 radical (unpaired) electrons. The summed E-state index contributed by atoms with van der Waals surface area (Å²) in [5.74, 6) is -0.605. The summed E-state index contributed by atoms with van der Waals surface area (Å²) >= 11 is 0. The fraction of sp³-hybridized carbons (Fsp3) is 0.200. The molecule has 1 heterocycles. The van der Waals surface area contributed by atoms with Gasteiger partial charge in [-0.15, -0.1) is 0 Å². The Labute approximate surface area is 192 Å². The Kier molecular flexibility index (Phi) is 6.29. The van der Waals surface area contributed by atoms with Crippen LogP contribution in [0.3, 0.4) is 0 Å². The van der Waals surface area contributed by atoms with E-state index in [2.05, 4.69) is 17.3 Å². The van der Waals surface area contributed by atoms with Gasteiger partial charge in [-0.25, -0.2) is 17.5 Å². The van der Waals surface area contributed by atoms with Gasteiger partial charge < -0.3 is 5.32 Å². The van der Waals surface area contributed by atoms with Gasteiger partial charge in [-0.3, -0.25) is 4.79 Å². The Morgan fingerprint density at radius 3 is 2.64 bits per heavy atom.